The zero-order valence-electron chi connectivity index (χ0n) is 15.0. The second-order valence-electron chi connectivity index (χ2n) is 6.91. The molecule has 0 bridgehead atoms. The number of rotatable bonds is 5. The fourth-order valence-electron chi connectivity index (χ4n) is 2.93. The highest BCUT2D eigenvalue weighted by Crippen LogP contribution is 2.13. The lowest BCUT2D eigenvalue weighted by atomic mass is 10.0. The van der Waals surface area contributed by atoms with E-state index in [-0.39, 0.29) is 24.0 Å². The second kappa shape index (κ2) is 8.71. The van der Waals surface area contributed by atoms with Gasteiger partial charge in [0.2, 0.25) is 5.91 Å². The highest BCUT2D eigenvalue weighted by Gasteiger charge is 2.23. The summed E-state index contributed by atoms with van der Waals surface area (Å²) in [5, 5.41) is 5.82. The number of amides is 3. The van der Waals surface area contributed by atoms with Crippen LogP contribution in [0.2, 0.25) is 0 Å². The van der Waals surface area contributed by atoms with E-state index in [1.54, 1.807) is 0 Å². The van der Waals surface area contributed by atoms with Gasteiger partial charge in [0.25, 0.3) is 0 Å². The van der Waals surface area contributed by atoms with Crippen molar-refractivity contribution in [1.29, 1.82) is 0 Å². The lowest BCUT2D eigenvalue weighted by molar-refractivity contribution is -0.132. The van der Waals surface area contributed by atoms with Crippen molar-refractivity contribution in [2.45, 2.75) is 58.5 Å². The van der Waals surface area contributed by atoms with E-state index in [4.69, 9.17) is 0 Å². The molecule has 1 aromatic carbocycles. The molecule has 0 spiro atoms. The standard InChI is InChI=1S/C19H29N3O2/c1-14(2)20-19(24)21-17-10-12-22(13-11-17)18(23)9-8-16-6-4-15(3)5-7-16/h4-7,14,17H,8-13H2,1-3H3,(H2,20,21,24). The van der Waals surface area contributed by atoms with Gasteiger partial charge in [-0.15, -0.1) is 0 Å². The molecule has 2 N–H and O–H groups in total. The highest BCUT2D eigenvalue weighted by atomic mass is 16.2. The number of urea groups is 1. The number of benzene rings is 1. The first kappa shape index (κ1) is 18.3. The number of carbonyl (C=O) groups excluding carboxylic acids is 2. The molecule has 1 fully saturated rings. The average Bonchev–Trinajstić information content (AvgIpc) is 2.54. The number of carbonyl (C=O) groups is 2. The second-order valence-corrected chi connectivity index (χ2v) is 6.91. The van der Waals surface area contributed by atoms with E-state index < -0.39 is 0 Å². The molecule has 0 unspecified atom stereocenters. The summed E-state index contributed by atoms with van der Waals surface area (Å²) in [6, 6.07) is 8.52. The van der Waals surface area contributed by atoms with Crippen LogP contribution in [-0.2, 0) is 11.2 Å². The molecule has 1 saturated heterocycles. The summed E-state index contributed by atoms with van der Waals surface area (Å²) in [6.07, 6.45) is 2.98. The molecule has 0 radical (unpaired) electrons. The summed E-state index contributed by atoms with van der Waals surface area (Å²) in [4.78, 5) is 26.0. The quantitative estimate of drug-likeness (QED) is 0.871. The van der Waals surface area contributed by atoms with Crippen LogP contribution in [0, 0.1) is 6.92 Å². The van der Waals surface area contributed by atoms with Gasteiger partial charge in [-0.25, -0.2) is 4.79 Å². The number of nitrogens with one attached hydrogen (secondary N) is 2. The van der Waals surface area contributed by atoms with Crippen molar-refractivity contribution in [1.82, 2.24) is 15.5 Å². The molecule has 2 rings (SSSR count). The number of hydrogen-bond acceptors (Lipinski definition) is 2. The molecule has 0 saturated carbocycles. The van der Waals surface area contributed by atoms with E-state index in [1.807, 2.05) is 18.7 Å². The van der Waals surface area contributed by atoms with E-state index in [1.165, 1.54) is 11.1 Å². The maximum absolute atomic E-state index is 12.3. The molecule has 132 valence electrons. The van der Waals surface area contributed by atoms with Gasteiger partial charge in [0.15, 0.2) is 0 Å². The SMILES string of the molecule is Cc1ccc(CCC(=O)N2CCC(NC(=O)NC(C)C)CC2)cc1. The first-order chi connectivity index (χ1) is 11.4. The Hall–Kier alpha value is -2.04. The van der Waals surface area contributed by atoms with Gasteiger partial charge in [-0.05, 0) is 45.6 Å². The molecule has 1 heterocycles. The molecule has 24 heavy (non-hydrogen) atoms. The number of hydrogen-bond donors (Lipinski definition) is 2. The molecular formula is C19H29N3O2. The first-order valence-corrected chi connectivity index (χ1v) is 8.84. The summed E-state index contributed by atoms with van der Waals surface area (Å²) in [5.74, 6) is 0.209. The summed E-state index contributed by atoms with van der Waals surface area (Å²) in [7, 11) is 0. The van der Waals surface area contributed by atoms with Gasteiger partial charge in [0, 0.05) is 31.6 Å². The van der Waals surface area contributed by atoms with Crippen molar-refractivity contribution in [2.75, 3.05) is 13.1 Å². The number of piperidine rings is 1. The normalized spacial score (nSPS) is 15.4. The maximum Gasteiger partial charge on any atom is 0.315 e. The van der Waals surface area contributed by atoms with Gasteiger partial charge in [0.05, 0.1) is 0 Å². The lowest BCUT2D eigenvalue weighted by Gasteiger charge is -2.32. The molecule has 0 aliphatic carbocycles. The minimum Gasteiger partial charge on any atom is -0.343 e. The summed E-state index contributed by atoms with van der Waals surface area (Å²) in [6.45, 7) is 7.39. The van der Waals surface area contributed by atoms with Gasteiger partial charge < -0.3 is 15.5 Å². The van der Waals surface area contributed by atoms with Crippen LogP contribution in [0.1, 0.15) is 44.2 Å². The fourth-order valence-corrected chi connectivity index (χ4v) is 2.93. The first-order valence-electron chi connectivity index (χ1n) is 8.84. The number of aryl methyl sites for hydroxylation is 2. The Kier molecular flexibility index (Phi) is 6.64. The van der Waals surface area contributed by atoms with Crippen LogP contribution in [0.5, 0.6) is 0 Å². The average molecular weight is 331 g/mol. The minimum atomic E-state index is -0.117. The monoisotopic (exact) mass is 331 g/mol. The van der Waals surface area contributed by atoms with E-state index in [0.29, 0.717) is 6.42 Å². The molecule has 3 amide bonds. The summed E-state index contributed by atoms with van der Waals surface area (Å²) >= 11 is 0. The van der Waals surface area contributed by atoms with Crippen LogP contribution < -0.4 is 10.6 Å². The van der Waals surface area contributed by atoms with Gasteiger partial charge in [-0.2, -0.15) is 0 Å². The molecule has 1 aliphatic heterocycles. The molecular weight excluding hydrogens is 302 g/mol. The Bertz CT molecular complexity index is 546. The Morgan fingerprint density at radius 1 is 1.17 bits per heavy atom. The predicted molar refractivity (Wildman–Crippen MR) is 95.9 cm³/mol. The van der Waals surface area contributed by atoms with Crippen molar-refractivity contribution >= 4 is 11.9 Å². The van der Waals surface area contributed by atoms with Crippen molar-refractivity contribution in [3.63, 3.8) is 0 Å². The predicted octanol–water partition coefficient (Wildman–Crippen LogP) is 2.63. The third-order valence-electron chi connectivity index (χ3n) is 4.35. The van der Waals surface area contributed by atoms with Gasteiger partial charge in [0.1, 0.15) is 0 Å². The van der Waals surface area contributed by atoms with Gasteiger partial charge in [-0.1, -0.05) is 29.8 Å². The molecule has 5 heteroatoms. The molecule has 0 atom stereocenters. The van der Waals surface area contributed by atoms with Crippen LogP contribution >= 0.6 is 0 Å². The Morgan fingerprint density at radius 3 is 2.38 bits per heavy atom. The van der Waals surface area contributed by atoms with Crippen LogP contribution in [0.3, 0.4) is 0 Å². The summed E-state index contributed by atoms with van der Waals surface area (Å²) in [5.41, 5.74) is 2.44. The Labute approximate surface area is 144 Å². The zero-order chi connectivity index (χ0) is 17.5. The zero-order valence-corrected chi connectivity index (χ0v) is 15.0. The van der Waals surface area contributed by atoms with Crippen molar-refractivity contribution < 1.29 is 9.59 Å². The van der Waals surface area contributed by atoms with Crippen LogP contribution in [0.15, 0.2) is 24.3 Å². The highest BCUT2D eigenvalue weighted by molar-refractivity contribution is 5.77. The van der Waals surface area contributed by atoms with E-state index in [2.05, 4.69) is 41.8 Å². The van der Waals surface area contributed by atoms with Crippen molar-refractivity contribution in [3.05, 3.63) is 35.4 Å². The third kappa shape index (κ3) is 5.87. The lowest BCUT2D eigenvalue weighted by Crippen LogP contribution is -2.50. The number of nitrogens with zero attached hydrogens (tertiary/aromatic N) is 1. The smallest absolute Gasteiger partial charge is 0.315 e. The van der Waals surface area contributed by atoms with E-state index in [9.17, 15) is 9.59 Å². The van der Waals surface area contributed by atoms with E-state index in [0.717, 1.165) is 32.4 Å². The van der Waals surface area contributed by atoms with Gasteiger partial charge >= 0.3 is 6.03 Å². The van der Waals surface area contributed by atoms with Crippen molar-refractivity contribution in [3.8, 4) is 0 Å². The minimum absolute atomic E-state index is 0.117. The molecule has 1 aliphatic rings. The third-order valence-corrected chi connectivity index (χ3v) is 4.35. The maximum atomic E-state index is 12.3. The van der Waals surface area contributed by atoms with E-state index >= 15 is 0 Å². The van der Waals surface area contributed by atoms with Crippen LogP contribution in [0.4, 0.5) is 4.79 Å². The molecule has 5 nitrogen and oxygen atoms in total. The van der Waals surface area contributed by atoms with Crippen LogP contribution in [-0.4, -0.2) is 42.0 Å². The van der Waals surface area contributed by atoms with Crippen molar-refractivity contribution in [2.24, 2.45) is 0 Å². The number of likely N-dealkylation sites (tertiary alicyclic amines) is 1. The fraction of sp³-hybridized carbons (Fsp3) is 0.579. The topological polar surface area (TPSA) is 61.4 Å². The van der Waals surface area contributed by atoms with Gasteiger partial charge in [-0.3, -0.25) is 4.79 Å². The molecule has 1 aromatic rings. The largest absolute Gasteiger partial charge is 0.343 e. The van der Waals surface area contributed by atoms with Crippen LogP contribution in [0.25, 0.3) is 0 Å². The summed E-state index contributed by atoms with van der Waals surface area (Å²) < 4.78 is 0. The Morgan fingerprint density at radius 2 is 1.79 bits per heavy atom. The molecule has 0 aromatic heterocycles. The Balaban J connectivity index is 1.70.